The average Bonchev–Trinajstić information content (AvgIpc) is 3.40. The van der Waals surface area contributed by atoms with E-state index in [0.29, 0.717) is 21.1 Å². The first kappa shape index (κ1) is 18.2. The second kappa shape index (κ2) is 7.88. The van der Waals surface area contributed by atoms with E-state index in [0.717, 1.165) is 31.1 Å². The third kappa shape index (κ3) is 3.73. The lowest BCUT2D eigenvalue weighted by Gasteiger charge is -2.16. The highest BCUT2D eigenvalue weighted by molar-refractivity contribution is 7.99. The summed E-state index contributed by atoms with van der Waals surface area (Å²) >= 11 is 1.38. The van der Waals surface area contributed by atoms with Crippen molar-refractivity contribution >= 4 is 22.7 Å². The first-order valence-electron chi connectivity index (χ1n) is 9.58. The lowest BCUT2D eigenvalue weighted by Crippen LogP contribution is -2.21. The highest BCUT2D eigenvalue weighted by Gasteiger charge is 2.20. The number of benzene rings is 2. The molecule has 6 nitrogen and oxygen atoms in total. The van der Waals surface area contributed by atoms with Gasteiger partial charge in [-0.3, -0.25) is 9.47 Å². The van der Waals surface area contributed by atoms with Crippen molar-refractivity contribution in [1.82, 2.24) is 29.6 Å². The third-order valence-corrected chi connectivity index (χ3v) is 5.99. The highest BCUT2D eigenvalue weighted by atomic mass is 32.2. The molecule has 0 N–H and O–H groups in total. The van der Waals surface area contributed by atoms with Crippen LogP contribution in [0.25, 0.3) is 16.6 Å². The number of para-hydroxylation sites is 1. The Labute approximate surface area is 171 Å². The molecule has 0 aliphatic carbocycles. The average molecular weight is 406 g/mol. The maximum Gasteiger partial charge on any atom is 0.202 e. The number of likely N-dealkylation sites (tertiary alicyclic amines) is 1. The fourth-order valence-electron chi connectivity index (χ4n) is 3.62. The molecule has 0 spiro atoms. The van der Waals surface area contributed by atoms with Crippen LogP contribution in [0.1, 0.15) is 18.7 Å². The van der Waals surface area contributed by atoms with Gasteiger partial charge < -0.3 is 0 Å². The van der Waals surface area contributed by atoms with Crippen molar-refractivity contribution in [1.29, 1.82) is 0 Å². The molecule has 2 aromatic heterocycles. The molecule has 0 bridgehead atoms. The normalized spacial score (nSPS) is 14.7. The maximum atomic E-state index is 13.8. The van der Waals surface area contributed by atoms with E-state index in [1.165, 1.54) is 43.1 Å². The Hall–Kier alpha value is -2.84. The Balaban J connectivity index is 1.57. The van der Waals surface area contributed by atoms with Gasteiger partial charge >= 0.3 is 0 Å². The SMILES string of the molecule is Fc1ccc2ncnc(Sc3nnc(CN4CCCC4)n3-c3ccccc3)c2c1. The highest BCUT2D eigenvalue weighted by Crippen LogP contribution is 2.32. The summed E-state index contributed by atoms with van der Waals surface area (Å²) in [5, 5.41) is 11.0. The van der Waals surface area contributed by atoms with Crippen LogP contribution in [0.3, 0.4) is 0 Å². The molecule has 2 aromatic carbocycles. The van der Waals surface area contributed by atoms with Gasteiger partial charge in [0.25, 0.3) is 0 Å². The van der Waals surface area contributed by atoms with E-state index in [2.05, 4.69) is 29.6 Å². The molecule has 1 aliphatic rings. The predicted octanol–water partition coefficient (Wildman–Crippen LogP) is 4.10. The zero-order valence-corrected chi connectivity index (χ0v) is 16.5. The van der Waals surface area contributed by atoms with Crippen LogP contribution in [0.2, 0.25) is 0 Å². The summed E-state index contributed by atoms with van der Waals surface area (Å²) in [6.45, 7) is 2.92. The number of hydrogen-bond donors (Lipinski definition) is 0. The van der Waals surface area contributed by atoms with Gasteiger partial charge in [0, 0.05) is 11.1 Å². The van der Waals surface area contributed by atoms with Crippen LogP contribution in [0.4, 0.5) is 4.39 Å². The van der Waals surface area contributed by atoms with Gasteiger partial charge in [-0.25, -0.2) is 14.4 Å². The molecule has 0 unspecified atom stereocenters. The summed E-state index contributed by atoms with van der Waals surface area (Å²) in [6.07, 6.45) is 3.94. The number of halogens is 1. The van der Waals surface area contributed by atoms with E-state index >= 15 is 0 Å². The zero-order chi connectivity index (χ0) is 19.6. The van der Waals surface area contributed by atoms with E-state index in [-0.39, 0.29) is 5.82 Å². The Morgan fingerprint density at radius 2 is 1.79 bits per heavy atom. The first-order valence-corrected chi connectivity index (χ1v) is 10.4. The van der Waals surface area contributed by atoms with E-state index in [1.807, 2.05) is 30.3 Å². The van der Waals surface area contributed by atoms with Crippen LogP contribution in [0.15, 0.2) is 65.0 Å². The topological polar surface area (TPSA) is 59.7 Å². The molecular weight excluding hydrogens is 387 g/mol. The Morgan fingerprint density at radius 1 is 0.966 bits per heavy atom. The second-order valence-corrected chi connectivity index (χ2v) is 7.95. The van der Waals surface area contributed by atoms with Crippen molar-refractivity contribution in [2.45, 2.75) is 29.6 Å². The molecular formula is C21H19FN6S. The number of hydrogen-bond acceptors (Lipinski definition) is 6. The molecule has 1 saturated heterocycles. The molecule has 0 atom stereocenters. The Bertz CT molecular complexity index is 1140. The van der Waals surface area contributed by atoms with Crippen LogP contribution < -0.4 is 0 Å². The lowest BCUT2D eigenvalue weighted by atomic mass is 10.2. The zero-order valence-electron chi connectivity index (χ0n) is 15.7. The van der Waals surface area contributed by atoms with Crippen molar-refractivity contribution in [2.75, 3.05) is 13.1 Å². The maximum absolute atomic E-state index is 13.8. The molecule has 8 heteroatoms. The van der Waals surface area contributed by atoms with Crippen LogP contribution in [0.5, 0.6) is 0 Å². The van der Waals surface area contributed by atoms with Gasteiger partial charge in [0.1, 0.15) is 17.2 Å². The van der Waals surface area contributed by atoms with Crippen LogP contribution >= 0.6 is 11.8 Å². The largest absolute Gasteiger partial charge is 0.296 e. The number of fused-ring (bicyclic) bond motifs is 1. The van der Waals surface area contributed by atoms with Crippen molar-refractivity contribution in [3.63, 3.8) is 0 Å². The quantitative estimate of drug-likeness (QED) is 0.465. The monoisotopic (exact) mass is 406 g/mol. The van der Waals surface area contributed by atoms with Gasteiger partial charge in [-0.15, -0.1) is 10.2 Å². The Kier molecular flexibility index (Phi) is 4.95. The summed E-state index contributed by atoms with van der Waals surface area (Å²) in [5.74, 6) is 0.582. The minimum Gasteiger partial charge on any atom is -0.296 e. The van der Waals surface area contributed by atoms with Gasteiger partial charge in [-0.1, -0.05) is 18.2 Å². The van der Waals surface area contributed by atoms with E-state index in [9.17, 15) is 4.39 Å². The molecule has 0 amide bonds. The van der Waals surface area contributed by atoms with Crippen LogP contribution in [-0.2, 0) is 6.54 Å². The third-order valence-electron chi connectivity index (χ3n) is 5.03. The second-order valence-electron chi connectivity index (χ2n) is 7.00. The van der Waals surface area contributed by atoms with Gasteiger partial charge in [0.05, 0.1) is 12.1 Å². The van der Waals surface area contributed by atoms with E-state index in [1.54, 1.807) is 6.07 Å². The van der Waals surface area contributed by atoms with Crippen molar-refractivity contribution in [2.24, 2.45) is 0 Å². The summed E-state index contributed by atoms with van der Waals surface area (Å²) in [7, 11) is 0. The molecule has 5 rings (SSSR count). The van der Waals surface area contributed by atoms with Crippen LogP contribution in [0, 0.1) is 5.82 Å². The minimum absolute atomic E-state index is 0.312. The number of rotatable bonds is 5. The lowest BCUT2D eigenvalue weighted by molar-refractivity contribution is 0.319. The minimum atomic E-state index is -0.312. The van der Waals surface area contributed by atoms with Gasteiger partial charge in [-0.2, -0.15) is 0 Å². The summed E-state index contributed by atoms with van der Waals surface area (Å²) in [6, 6.07) is 14.6. The molecule has 29 heavy (non-hydrogen) atoms. The number of aromatic nitrogens is 5. The van der Waals surface area contributed by atoms with Crippen LogP contribution in [-0.4, -0.2) is 42.7 Å². The summed E-state index contributed by atoms with van der Waals surface area (Å²) in [4.78, 5) is 11.0. The molecule has 1 fully saturated rings. The smallest absolute Gasteiger partial charge is 0.202 e. The fourth-order valence-corrected chi connectivity index (χ4v) is 4.55. The first-order chi connectivity index (χ1) is 14.3. The molecule has 4 aromatic rings. The molecule has 146 valence electrons. The van der Waals surface area contributed by atoms with Gasteiger partial charge in [-0.05, 0) is 68.0 Å². The van der Waals surface area contributed by atoms with E-state index in [4.69, 9.17) is 0 Å². The fraction of sp³-hybridized carbons (Fsp3) is 0.238. The van der Waals surface area contributed by atoms with Crippen molar-refractivity contribution < 1.29 is 4.39 Å². The Morgan fingerprint density at radius 3 is 2.62 bits per heavy atom. The number of nitrogens with zero attached hydrogens (tertiary/aromatic N) is 6. The van der Waals surface area contributed by atoms with Crippen molar-refractivity contribution in [3.8, 4) is 5.69 Å². The summed E-state index contributed by atoms with van der Waals surface area (Å²) in [5.41, 5.74) is 1.70. The van der Waals surface area contributed by atoms with E-state index < -0.39 is 0 Å². The van der Waals surface area contributed by atoms with Gasteiger partial charge in [0.2, 0.25) is 5.16 Å². The van der Waals surface area contributed by atoms with Crippen molar-refractivity contribution in [3.05, 3.63) is 66.5 Å². The standard InChI is InChI=1S/C21H19FN6S/c22-15-8-9-18-17(12-15)20(24-14-23-18)29-21-26-25-19(13-27-10-4-5-11-27)28(21)16-6-2-1-3-7-16/h1-3,6-9,12,14H,4-5,10-11,13H2. The molecule has 1 aliphatic heterocycles. The van der Waals surface area contributed by atoms with Gasteiger partial charge in [0.15, 0.2) is 5.82 Å². The molecule has 0 radical (unpaired) electrons. The summed E-state index contributed by atoms with van der Waals surface area (Å²) < 4.78 is 15.9. The molecule has 3 heterocycles. The predicted molar refractivity (Wildman–Crippen MR) is 109 cm³/mol. The molecule has 0 saturated carbocycles.